The molecule has 0 aromatic heterocycles. The normalized spacial score (nSPS) is 36.4. The van der Waals surface area contributed by atoms with E-state index in [1.807, 2.05) is 6.92 Å². The van der Waals surface area contributed by atoms with Gasteiger partial charge in [0, 0.05) is 19.6 Å². The van der Waals surface area contributed by atoms with Crippen molar-refractivity contribution in [2.24, 2.45) is 41.2 Å². The Bertz CT molecular complexity index is 536. The van der Waals surface area contributed by atoms with E-state index in [-0.39, 0.29) is 6.09 Å². The van der Waals surface area contributed by atoms with Crippen molar-refractivity contribution in [2.75, 3.05) is 45.9 Å². The fourth-order valence-electron chi connectivity index (χ4n) is 5.00. The minimum absolute atomic E-state index is 0.292. The Labute approximate surface area is 163 Å². The number of amides is 1. The van der Waals surface area contributed by atoms with Crippen molar-refractivity contribution in [2.45, 2.75) is 19.8 Å². The van der Waals surface area contributed by atoms with Gasteiger partial charge in [-0.05, 0) is 74.9 Å². The zero-order valence-corrected chi connectivity index (χ0v) is 16.5. The van der Waals surface area contributed by atoms with Crippen LogP contribution in [0, 0.1) is 35.5 Å². The van der Waals surface area contributed by atoms with Gasteiger partial charge >= 0.3 is 6.09 Å². The highest BCUT2D eigenvalue weighted by Crippen LogP contribution is 2.33. The van der Waals surface area contributed by atoms with Crippen LogP contribution in [0.15, 0.2) is 24.3 Å². The molecule has 0 aromatic carbocycles. The van der Waals surface area contributed by atoms with Gasteiger partial charge < -0.3 is 26.4 Å². The Morgan fingerprint density at radius 2 is 1.63 bits per heavy atom. The molecule has 5 N–H and O–H groups in total. The third kappa shape index (κ3) is 5.33. The van der Waals surface area contributed by atoms with Gasteiger partial charge in [0.1, 0.15) is 0 Å². The molecule has 6 heteroatoms. The molecule has 6 unspecified atom stereocenters. The van der Waals surface area contributed by atoms with E-state index in [2.05, 4.69) is 40.3 Å². The molecule has 2 saturated heterocycles. The van der Waals surface area contributed by atoms with Gasteiger partial charge in [-0.2, -0.15) is 0 Å². The van der Waals surface area contributed by atoms with Crippen LogP contribution in [0.2, 0.25) is 0 Å². The van der Waals surface area contributed by atoms with E-state index >= 15 is 0 Å². The van der Waals surface area contributed by atoms with Crippen molar-refractivity contribution in [1.29, 1.82) is 0 Å². The lowest BCUT2D eigenvalue weighted by molar-refractivity contribution is 0.147. The first-order valence-electron chi connectivity index (χ1n) is 10.6. The van der Waals surface area contributed by atoms with E-state index in [9.17, 15) is 4.79 Å². The van der Waals surface area contributed by atoms with E-state index in [0.717, 1.165) is 56.9 Å². The molecule has 0 radical (unpaired) electrons. The van der Waals surface area contributed by atoms with Crippen molar-refractivity contribution in [3.63, 3.8) is 0 Å². The molecule has 2 aliphatic heterocycles. The third-order valence-electron chi connectivity index (χ3n) is 6.56. The summed E-state index contributed by atoms with van der Waals surface area (Å²) in [4.78, 5) is 11.2. The summed E-state index contributed by atoms with van der Waals surface area (Å²) in [5.41, 5.74) is 5.70. The molecule has 6 atom stereocenters. The molecule has 2 heterocycles. The molecule has 152 valence electrons. The fraction of sp³-hybridized carbons (Fsp3) is 0.762. The molecule has 4 rings (SSSR count). The lowest BCUT2D eigenvalue weighted by Crippen LogP contribution is -2.36. The minimum atomic E-state index is -0.292. The van der Waals surface area contributed by atoms with Crippen molar-refractivity contribution in [3.8, 4) is 0 Å². The average Bonchev–Trinajstić information content (AvgIpc) is 3.36. The molecular weight excluding hydrogens is 340 g/mol. The molecule has 0 saturated carbocycles. The number of alkyl carbamates (subject to hydrolysis) is 1. The largest absolute Gasteiger partial charge is 0.450 e. The maximum absolute atomic E-state index is 11.2. The van der Waals surface area contributed by atoms with E-state index in [4.69, 9.17) is 10.5 Å². The number of hydrogen-bond donors (Lipinski definition) is 4. The van der Waals surface area contributed by atoms with E-state index in [0.29, 0.717) is 24.4 Å². The van der Waals surface area contributed by atoms with Crippen LogP contribution < -0.4 is 21.7 Å². The minimum Gasteiger partial charge on any atom is -0.450 e. The molecule has 1 amide bonds. The summed E-state index contributed by atoms with van der Waals surface area (Å²) >= 11 is 0. The Morgan fingerprint density at radius 3 is 2.22 bits per heavy atom. The van der Waals surface area contributed by atoms with Crippen LogP contribution in [-0.4, -0.2) is 52.0 Å². The van der Waals surface area contributed by atoms with Gasteiger partial charge in [0.2, 0.25) is 0 Å². The van der Waals surface area contributed by atoms with Crippen LogP contribution in [-0.2, 0) is 4.74 Å². The SMILES string of the molecule is CCOC(=O)NCC1CC=CC2CNCC21.NCC1CC=CC2CNCC21. The highest BCUT2D eigenvalue weighted by Gasteiger charge is 2.34. The first kappa shape index (κ1) is 20.4. The van der Waals surface area contributed by atoms with Crippen LogP contribution in [0.4, 0.5) is 4.79 Å². The summed E-state index contributed by atoms with van der Waals surface area (Å²) < 4.78 is 4.86. The number of fused-ring (bicyclic) bond motifs is 2. The van der Waals surface area contributed by atoms with Gasteiger partial charge in [0.05, 0.1) is 6.61 Å². The predicted molar refractivity (Wildman–Crippen MR) is 108 cm³/mol. The lowest BCUT2D eigenvalue weighted by atomic mass is 9.78. The quantitative estimate of drug-likeness (QED) is 0.559. The van der Waals surface area contributed by atoms with Crippen LogP contribution in [0.1, 0.15) is 19.8 Å². The summed E-state index contributed by atoms with van der Waals surface area (Å²) in [5.74, 6) is 4.21. The Kier molecular flexibility index (Phi) is 7.73. The second kappa shape index (κ2) is 10.2. The predicted octanol–water partition coefficient (Wildman–Crippen LogP) is 1.50. The number of carbonyl (C=O) groups excluding carboxylic acids is 1. The molecule has 0 bridgehead atoms. The number of ether oxygens (including phenoxy) is 1. The number of rotatable bonds is 4. The summed E-state index contributed by atoms with van der Waals surface area (Å²) in [6.07, 6.45) is 11.2. The summed E-state index contributed by atoms with van der Waals surface area (Å²) in [6, 6.07) is 0. The molecular formula is C21H36N4O2. The highest BCUT2D eigenvalue weighted by molar-refractivity contribution is 5.67. The maximum Gasteiger partial charge on any atom is 0.407 e. The van der Waals surface area contributed by atoms with Gasteiger partial charge in [-0.25, -0.2) is 4.79 Å². The van der Waals surface area contributed by atoms with Gasteiger partial charge in [0.25, 0.3) is 0 Å². The Morgan fingerprint density at radius 1 is 1.04 bits per heavy atom. The van der Waals surface area contributed by atoms with E-state index in [1.165, 1.54) is 13.0 Å². The monoisotopic (exact) mass is 376 g/mol. The van der Waals surface area contributed by atoms with Crippen LogP contribution >= 0.6 is 0 Å². The number of allylic oxidation sites excluding steroid dienone is 2. The van der Waals surface area contributed by atoms with E-state index in [1.54, 1.807) is 0 Å². The van der Waals surface area contributed by atoms with Crippen molar-refractivity contribution < 1.29 is 9.53 Å². The first-order valence-corrected chi connectivity index (χ1v) is 10.6. The van der Waals surface area contributed by atoms with Crippen molar-refractivity contribution >= 4 is 6.09 Å². The van der Waals surface area contributed by atoms with Gasteiger partial charge in [-0.1, -0.05) is 24.3 Å². The van der Waals surface area contributed by atoms with Gasteiger partial charge in [0.15, 0.2) is 0 Å². The molecule has 6 nitrogen and oxygen atoms in total. The average molecular weight is 377 g/mol. The van der Waals surface area contributed by atoms with E-state index < -0.39 is 0 Å². The number of carbonyl (C=O) groups is 1. The van der Waals surface area contributed by atoms with Crippen LogP contribution in [0.5, 0.6) is 0 Å². The van der Waals surface area contributed by atoms with Crippen LogP contribution in [0.3, 0.4) is 0 Å². The molecule has 27 heavy (non-hydrogen) atoms. The summed E-state index contributed by atoms with van der Waals surface area (Å²) in [7, 11) is 0. The maximum atomic E-state index is 11.2. The standard InChI is InChI=1S/C12H20N2O2.C9H16N2/c1-2-16-12(15)14-7-10-5-3-4-9-6-13-8-11(9)10;10-4-7-2-1-3-8-5-11-6-9(7)8/h3-4,9-11,13H,2,5-8H2,1H3,(H,14,15);1,3,7-9,11H,2,4-6,10H2. The third-order valence-corrected chi connectivity index (χ3v) is 6.56. The van der Waals surface area contributed by atoms with Gasteiger partial charge in [-0.3, -0.25) is 0 Å². The fourth-order valence-corrected chi connectivity index (χ4v) is 5.00. The Balaban J connectivity index is 0.000000166. The summed E-state index contributed by atoms with van der Waals surface area (Å²) in [6.45, 7) is 8.33. The van der Waals surface area contributed by atoms with Crippen molar-refractivity contribution in [3.05, 3.63) is 24.3 Å². The highest BCUT2D eigenvalue weighted by atomic mass is 16.5. The lowest BCUT2D eigenvalue weighted by Gasteiger charge is -2.29. The molecule has 0 spiro atoms. The number of nitrogens with two attached hydrogens (primary N) is 1. The zero-order valence-electron chi connectivity index (χ0n) is 16.5. The number of nitrogens with one attached hydrogen (secondary N) is 3. The first-order chi connectivity index (χ1) is 13.2. The molecule has 2 fully saturated rings. The smallest absolute Gasteiger partial charge is 0.407 e. The molecule has 4 aliphatic rings. The van der Waals surface area contributed by atoms with Crippen LogP contribution in [0.25, 0.3) is 0 Å². The second-order valence-electron chi connectivity index (χ2n) is 8.16. The zero-order chi connectivity index (χ0) is 19.1. The van der Waals surface area contributed by atoms with Gasteiger partial charge in [-0.15, -0.1) is 0 Å². The molecule has 0 aromatic rings. The van der Waals surface area contributed by atoms with Crippen molar-refractivity contribution in [1.82, 2.24) is 16.0 Å². The Hall–Kier alpha value is -1.37. The molecule has 2 aliphatic carbocycles. The second-order valence-corrected chi connectivity index (χ2v) is 8.16. The topological polar surface area (TPSA) is 88.4 Å². The number of hydrogen-bond acceptors (Lipinski definition) is 5. The summed E-state index contributed by atoms with van der Waals surface area (Å²) in [5, 5.41) is 9.68.